The average Bonchev–Trinajstić information content (AvgIpc) is 3.24. The first-order valence-corrected chi connectivity index (χ1v) is 8.41. The molecule has 0 aromatic carbocycles. The standard InChI is InChI=1S/C16H24N6O2/c1-4-14-17-16(19-18-14)13-10-21(7-8-24-13)15(23)9-12-5-6-22(20-12)11(2)3/h5-6,11,13H,4,7-10H2,1-3H3,(H,17,18,19)/t13-/m0/s1. The van der Waals surface area contributed by atoms with E-state index in [1.165, 1.54) is 0 Å². The van der Waals surface area contributed by atoms with Crippen LogP contribution in [0.5, 0.6) is 0 Å². The highest BCUT2D eigenvalue weighted by molar-refractivity contribution is 5.78. The quantitative estimate of drug-likeness (QED) is 0.891. The van der Waals surface area contributed by atoms with Crippen LogP contribution in [0.2, 0.25) is 0 Å². The Bertz CT molecular complexity index is 692. The van der Waals surface area contributed by atoms with Crippen LogP contribution in [-0.2, 0) is 22.4 Å². The van der Waals surface area contributed by atoms with Crippen molar-refractivity contribution in [1.82, 2.24) is 29.9 Å². The monoisotopic (exact) mass is 332 g/mol. The van der Waals surface area contributed by atoms with Crippen molar-refractivity contribution in [3.63, 3.8) is 0 Å². The van der Waals surface area contributed by atoms with Crippen LogP contribution in [0.15, 0.2) is 12.3 Å². The molecule has 130 valence electrons. The van der Waals surface area contributed by atoms with E-state index in [0.717, 1.165) is 17.9 Å². The normalized spacial score (nSPS) is 18.3. The molecule has 0 radical (unpaired) electrons. The summed E-state index contributed by atoms with van der Waals surface area (Å²) in [4.78, 5) is 18.8. The number of nitrogens with zero attached hydrogens (tertiary/aromatic N) is 5. The van der Waals surface area contributed by atoms with Crippen LogP contribution in [-0.4, -0.2) is 55.5 Å². The highest BCUT2D eigenvalue weighted by Gasteiger charge is 2.28. The number of hydrogen-bond donors (Lipinski definition) is 1. The first-order chi connectivity index (χ1) is 11.6. The predicted octanol–water partition coefficient (Wildman–Crippen LogP) is 1.29. The molecule has 1 atom stereocenters. The maximum Gasteiger partial charge on any atom is 0.228 e. The molecule has 1 fully saturated rings. The van der Waals surface area contributed by atoms with Gasteiger partial charge in [0.15, 0.2) is 5.82 Å². The second kappa shape index (κ2) is 7.12. The van der Waals surface area contributed by atoms with Gasteiger partial charge in [0.25, 0.3) is 0 Å². The third-order valence-corrected chi connectivity index (χ3v) is 4.12. The molecule has 8 heteroatoms. The van der Waals surface area contributed by atoms with Crippen LogP contribution in [0, 0.1) is 0 Å². The minimum Gasteiger partial charge on any atom is -0.366 e. The van der Waals surface area contributed by atoms with E-state index in [-0.39, 0.29) is 12.0 Å². The minimum atomic E-state index is -0.271. The van der Waals surface area contributed by atoms with Crippen LogP contribution in [0.25, 0.3) is 0 Å². The van der Waals surface area contributed by atoms with E-state index in [2.05, 4.69) is 34.1 Å². The highest BCUT2D eigenvalue weighted by Crippen LogP contribution is 2.20. The highest BCUT2D eigenvalue weighted by atomic mass is 16.5. The molecule has 0 unspecified atom stereocenters. The van der Waals surface area contributed by atoms with Gasteiger partial charge in [0.05, 0.1) is 25.3 Å². The molecule has 1 amide bonds. The number of aromatic amines is 1. The molecule has 0 bridgehead atoms. The number of aromatic nitrogens is 5. The lowest BCUT2D eigenvalue weighted by atomic mass is 10.2. The van der Waals surface area contributed by atoms with Gasteiger partial charge in [-0.05, 0) is 19.9 Å². The van der Waals surface area contributed by atoms with Crippen molar-refractivity contribution in [1.29, 1.82) is 0 Å². The van der Waals surface area contributed by atoms with Gasteiger partial charge in [0.1, 0.15) is 11.9 Å². The number of aryl methyl sites for hydroxylation is 1. The smallest absolute Gasteiger partial charge is 0.228 e. The summed E-state index contributed by atoms with van der Waals surface area (Å²) in [5, 5.41) is 11.5. The first kappa shape index (κ1) is 16.6. The molecule has 2 aromatic rings. The molecule has 3 rings (SSSR count). The zero-order chi connectivity index (χ0) is 17.1. The zero-order valence-electron chi connectivity index (χ0n) is 14.4. The topological polar surface area (TPSA) is 88.9 Å². The molecule has 24 heavy (non-hydrogen) atoms. The van der Waals surface area contributed by atoms with E-state index in [9.17, 15) is 4.79 Å². The van der Waals surface area contributed by atoms with E-state index >= 15 is 0 Å². The Morgan fingerprint density at radius 2 is 2.33 bits per heavy atom. The summed E-state index contributed by atoms with van der Waals surface area (Å²) in [7, 11) is 0. The fraction of sp³-hybridized carbons (Fsp3) is 0.625. The number of rotatable bonds is 5. The van der Waals surface area contributed by atoms with Gasteiger partial charge in [-0.1, -0.05) is 6.92 Å². The Labute approximate surface area is 141 Å². The number of carbonyl (C=O) groups is 1. The molecule has 1 saturated heterocycles. The molecular weight excluding hydrogens is 308 g/mol. The van der Waals surface area contributed by atoms with Crippen molar-refractivity contribution in [2.24, 2.45) is 0 Å². The lowest BCUT2D eigenvalue weighted by Crippen LogP contribution is -2.43. The Kier molecular flexibility index (Phi) is 4.94. The summed E-state index contributed by atoms with van der Waals surface area (Å²) in [5.74, 6) is 1.51. The lowest BCUT2D eigenvalue weighted by Gasteiger charge is -2.31. The largest absolute Gasteiger partial charge is 0.366 e. The van der Waals surface area contributed by atoms with Gasteiger partial charge in [-0.3, -0.25) is 14.6 Å². The van der Waals surface area contributed by atoms with Gasteiger partial charge in [0, 0.05) is 25.2 Å². The van der Waals surface area contributed by atoms with Gasteiger partial charge >= 0.3 is 0 Å². The third-order valence-electron chi connectivity index (χ3n) is 4.12. The van der Waals surface area contributed by atoms with Crippen LogP contribution in [0.1, 0.15) is 50.3 Å². The van der Waals surface area contributed by atoms with E-state index in [0.29, 0.717) is 38.0 Å². The Morgan fingerprint density at radius 1 is 1.50 bits per heavy atom. The third kappa shape index (κ3) is 3.64. The van der Waals surface area contributed by atoms with Crippen molar-refractivity contribution < 1.29 is 9.53 Å². The van der Waals surface area contributed by atoms with E-state index in [1.807, 2.05) is 28.8 Å². The molecule has 1 N–H and O–H groups in total. The molecule has 8 nitrogen and oxygen atoms in total. The lowest BCUT2D eigenvalue weighted by molar-refractivity contribution is -0.138. The molecule has 3 heterocycles. The Hall–Kier alpha value is -2.22. The molecular formula is C16H24N6O2. The van der Waals surface area contributed by atoms with Gasteiger partial charge in [-0.25, -0.2) is 4.98 Å². The average molecular weight is 332 g/mol. The summed E-state index contributed by atoms with van der Waals surface area (Å²) in [6.07, 6.45) is 2.74. The summed E-state index contributed by atoms with van der Waals surface area (Å²) < 4.78 is 7.60. The first-order valence-electron chi connectivity index (χ1n) is 8.41. The second-order valence-electron chi connectivity index (χ2n) is 6.25. The maximum atomic E-state index is 12.6. The number of nitrogens with one attached hydrogen (secondary N) is 1. The van der Waals surface area contributed by atoms with Gasteiger partial charge < -0.3 is 9.64 Å². The van der Waals surface area contributed by atoms with E-state index in [1.54, 1.807) is 0 Å². The van der Waals surface area contributed by atoms with Crippen molar-refractivity contribution in [2.45, 2.75) is 45.8 Å². The zero-order valence-corrected chi connectivity index (χ0v) is 14.4. The number of amides is 1. The number of ether oxygens (including phenoxy) is 1. The van der Waals surface area contributed by atoms with Crippen molar-refractivity contribution in [3.8, 4) is 0 Å². The minimum absolute atomic E-state index is 0.0588. The molecule has 1 aliphatic heterocycles. The van der Waals surface area contributed by atoms with Gasteiger partial charge in [-0.2, -0.15) is 10.2 Å². The van der Waals surface area contributed by atoms with Crippen molar-refractivity contribution in [2.75, 3.05) is 19.7 Å². The van der Waals surface area contributed by atoms with Crippen molar-refractivity contribution >= 4 is 5.91 Å². The Balaban J connectivity index is 1.62. The van der Waals surface area contributed by atoms with Gasteiger partial charge in [0.2, 0.25) is 5.91 Å². The summed E-state index contributed by atoms with van der Waals surface area (Å²) in [5.41, 5.74) is 0.794. The van der Waals surface area contributed by atoms with Crippen LogP contribution in [0.3, 0.4) is 0 Å². The molecule has 2 aromatic heterocycles. The summed E-state index contributed by atoms with van der Waals surface area (Å²) in [6.45, 7) is 7.69. The van der Waals surface area contributed by atoms with Crippen LogP contribution < -0.4 is 0 Å². The SMILES string of the molecule is CCc1nc([C@@H]2CN(C(=O)Cc3ccn(C(C)C)n3)CCO2)n[nH]1. The van der Waals surface area contributed by atoms with Crippen molar-refractivity contribution in [3.05, 3.63) is 29.6 Å². The Morgan fingerprint density at radius 3 is 3.00 bits per heavy atom. The second-order valence-corrected chi connectivity index (χ2v) is 6.25. The molecule has 0 spiro atoms. The maximum absolute atomic E-state index is 12.6. The van der Waals surface area contributed by atoms with Crippen LogP contribution >= 0.6 is 0 Å². The number of hydrogen-bond acceptors (Lipinski definition) is 5. The molecule has 1 aliphatic rings. The molecule has 0 aliphatic carbocycles. The number of H-pyrrole nitrogens is 1. The van der Waals surface area contributed by atoms with E-state index in [4.69, 9.17) is 4.74 Å². The van der Waals surface area contributed by atoms with Crippen LogP contribution in [0.4, 0.5) is 0 Å². The van der Waals surface area contributed by atoms with Gasteiger partial charge in [-0.15, -0.1) is 0 Å². The fourth-order valence-electron chi connectivity index (χ4n) is 2.67. The fourth-order valence-corrected chi connectivity index (χ4v) is 2.67. The van der Waals surface area contributed by atoms with E-state index < -0.39 is 0 Å². The summed E-state index contributed by atoms with van der Waals surface area (Å²) in [6, 6.07) is 2.19. The molecule has 0 saturated carbocycles. The number of carbonyl (C=O) groups excluding carboxylic acids is 1. The predicted molar refractivity (Wildman–Crippen MR) is 87.3 cm³/mol. The summed E-state index contributed by atoms with van der Waals surface area (Å²) >= 11 is 0. The number of morpholine rings is 1.